The maximum atomic E-state index is 6.29. The van der Waals surface area contributed by atoms with Gasteiger partial charge >= 0.3 is 0 Å². The van der Waals surface area contributed by atoms with E-state index in [-0.39, 0.29) is 0 Å². The molecule has 1 aromatic heterocycles. The van der Waals surface area contributed by atoms with Gasteiger partial charge in [0.05, 0.1) is 0 Å². The molecule has 0 spiro atoms. The zero-order valence-electron chi connectivity index (χ0n) is 19.4. The maximum absolute atomic E-state index is 6.29. The second kappa shape index (κ2) is 7.34. The Kier molecular flexibility index (Phi) is 3.97. The first-order valence-electron chi connectivity index (χ1n) is 12.2. The van der Waals surface area contributed by atoms with E-state index in [1.165, 1.54) is 38.6 Å². The fraction of sp³-hybridized carbons (Fsp3) is 0. The van der Waals surface area contributed by atoms with Gasteiger partial charge in [-0.25, -0.2) is 0 Å². The molecule has 1 aliphatic rings. The van der Waals surface area contributed by atoms with Crippen LogP contribution >= 0.6 is 0 Å². The Morgan fingerprint density at radius 2 is 1.14 bits per heavy atom. The van der Waals surface area contributed by atoms with Gasteiger partial charge in [0.15, 0.2) is 0 Å². The predicted molar refractivity (Wildman–Crippen MR) is 148 cm³/mol. The summed E-state index contributed by atoms with van der Waals surface area (Å²) in [6.45, 7) is 0. The summed E-state index contributed by atoms with van der Waals surface area (Å²) in [5.74, 6) is 1.82. The first-order chi connectivity index (χ1) is 17.8. The number of furan rings is 1. The minimum absolute atomic E-state index is 0.911. The summed E-state index contributed by atoms with van der Waals surface area (Å²) in [6.07, 6.45) is 0. The summed E-state index contributed by atoms with van der Waals surface area (Å²) in [7, 11) is 0. The van der Waals surface area contributed by atoms with Gasteiger partial charge in [-0.15, -0.1) is 0 Å². The molecule has 0 unspecified atom stereocenters. The summed E-state index contributed by atoms with van der Waals surface area (Å²) >= 11 is 0. The lowest BCUT2D eigenvalue weighted by molar-refractivity contribution is 0.487. The first-order valence-corrected chi connectivity index (χ1v) is 12.2. The fourth-order valence-corrected chi connectivity index (χ4v) is 5.60. The Morgan fingerprint density at radius 3 is 2.14 bits per heavy atom. The lowest BCUT2D eigenvalue weighted by atomic mass is 9.90. The van der Waals surface area contributed by atoms with Crippen molar-refractivity contribution in [3.63, 3.8) is 0 Å². The van der Waals surface area contributed by atoms with E-state index in [1.54, 1.807) is 0 Å². The molecule has 2 heteroatoms. The molecule has 168 valence electrons. The third kappa shape index (κ3) is 2.79. The Balaban J connectivity index is 1.30. The smallest absolute Gasteiger partial charge is 0.135 e. The average molecular weight is 461 g/mol. The van der Waals surface area contributed by atoms with Gasteiger partial charge in [0.25, 0.3) is 0 Å². The van der Waals surface area contributed by atoms with E-state index in [4.69, 9.17) is 9.15 Å². The molecule has 0 N–H and O–H groups in total. The number of hydrogen-bond donors (Lipinski definition) is 0. The minimum Gasteiger partial charge on any atom is -0.456 e. The van der Waals surface area contributed by atoms with Gasteiger partial charge in [-0.05, 0) is 69.6 Å². The first kappa shape index (κ1) is 19.5. The SMILES string of the molecule is c1cc(-c2ccc3oc4ccccc4c3c2)cc(-c2ccc3c4c(cccc24)-c2ccccc2O3)c1. The van der Waals surface area contributed by atoms with Crippen molar-refractivity contribution in [2.24, 2.45) is 0 Å². The van der Waals surface area contributed by atoms with Crippen LogP contribution in [0, 0.1) is 0 Å². The van der Waals surface area contributed by atoms with Crippen LogP contribution in [0.2, 0.25) is 0 Å². The van der Waals surface area contributed by atoms with Crippen molar-refractivity contribution in [3.05, 3.63) is 121 Å². The Bertz CT molecular complexity index is 1980. The average Bonchev–Trinajstić information content (AvgIpc) is 3.31. The summed E-state index contributed by atoms with van der Waals surface area (Å²) in [6, 6.07) is 42.6. The third-order valence-electron chi connectivity index (χ3n) is 7.28. The Labute approximate surface area is 208 Å². The topological polar surface area (TPSA) is 22.4 Å². The normalized spacial score (nSPS) is 12.1. The standard InChI is InChI=1S/C34H20O2/c1-3-13-30-25(9-1)28-12-6-11-27-24(16-18-33(36-30)34(27)28)23-8-5-7-21(19-23)22-15-17-32-29(20-22)26-10-2-4-14-31(26)35-32/h1-20H. The van der Waals surface area contributed by atoms with Crippen LogP contribution in [0.25, 0.3) is 66.1 Å². The molecule has 7 aromatic rings. The second-order valence-electron chi connectivity index (χ2n) is 9.33. The van der Waals surface area contributed by atoms with Crippen LogP contribution in [-0.4, -0.2) is 0 Å². The zero-order chi connectivity index (χ0) is 23.6. The Hall–Kier alpha value is -4.82. The summed E-state index contributed by atoms with van der Waals surface area (Å²) < 4.78 is 12.3. The van der Waals surface area contributed by atoms with Gasteiger partial charge in [0.1, 0.15) is 22.7 Å². The van der Waals surface area contributed by atoms with Crippen molar-refractivity contribution in [3.8, 4) is 44.9 Å². The molecular formula is C34H20O2. The second-order valence-corrected chi connectivity index (χ2v) is 9.33. The highest BCUT2D eigenvalue weighted by Gasteiger charge is 2.21. The molecule has 0 radical (unpaired) electrons. The molecule has 0 fully saturated rings. The number of hydrogen-bond acceptors (Lipinski definition) is 2. The van der Waals surface area contributed by atoms with E-state index < -0.39 is 0 Å². The van der Waals surface area contributed by atoms with Crippen molar-refractivity contribution in [1.29, 1.82) is 0 Å². The lowest BCUT2D eigenvalue weighted by Gasteiger charge is -2.22. The molecule has 2 nitrogen and oxygen atoms in total. The van der Waals surface area contributed by atoms with E-state index in [0.29, 0.717) is 0 Å². The zero-order valence-corrected chi connectivity index (χ0v) is 19.4. The van der Waals surface area contributed by atoms with Gasteiger partial charge < -0.3 is 9.15 Å². The number of ether oxygens (including phenoxy) is 1. The highest BCUT2D eigenvalue weighted by molar-refractivity contribution is 6.10. The largest absolute Gasteiger partial charge is 0.456 e. The van der Waals surface area contributed by atoms with Crippen LogP contribution in [0.15, 0.2) is 126 Å². The minimum atomic E-state index is 0.911. The molecule has 0 saturated carbocycles. The van der Waals surface area contributed by atoms with Crippen LogP contribution in [0.5, 0.6) is 11.5 Å². The molecule has 36 heavy (non-hydrogen) atoms. The van der Waals surface area contributed by atoms with Crippen molar-refractivity contribution in [2.45, 2.75) is 0 Å². The summed E-state index contributed by atoms with van der Waals surface area (Å²) in [4.78, 5) is 0. The van der Waals surface area contributed by atoms with Gasteiger partial charge in [0.2, 0.25) is 0 Å². The van der Waals surface area contributed by atoms with Crippen molar-refractivity contribution >= 4 is 32.7 Å². The van der Waals surface area contributed by atoms with E-state index >= 15 is 0 Å². The highest BCUT2D eigenvalue weighted by Crippen LogP contribution is 2.48. The van der Waals surface area contributed by atoms with E-state index in [0.717, 1.165) is 39.0 Å². The van der Waals surface area contributed by atoms with Crippen molar-refractivity contribution in [1.82, 2.24) is 0 Å². The molecule has 0 aliphatic carbocycles. The van der Waals surface area contributed by atoms with Crippen LogP contribution in [0.1, 0.15) is 0 Å². The number of fused-ring (bicyclic) bond motifs is 5. The van der Waals surface area contributed by atoms with Gasteiger partial charge in [-0.3, -0.25) is 0 Å². The predicted octanol–water partition coefficient (Wildman–Crippen LogP) is 9.85. The molecule has 0 atom stereocenters. The maximum Gasteiger partial charge on any atom is 0.135 e. The monoisotopic (exact) mass is 460 g/mol. The van der Waals surface area contributed by atoms with E-state index in [9.17, 15) is 0 Å². The van der Waals surface area contributed by atoms with E-state index in [1.807, 2.05) is 24.3 Å². The Morgan fingerprint density at radius 1 is 0.389 bits per heavy atom. The molecule has 0 amide bonds. The summed E-state index contributed by atoms with van der Waals surface area (Å²) in [5.41, 5.74) is 8.95. The van der Waals surface area contributed by atoms with Crippen molar-refractivity contribution in [2.75, 3.05) is 0 Å². The molecule has 2 heterocycles. The number of para-hydroxylation sites is 2. The highest BCUT2D eigenvalue weighted by atomic mass is 16.5. The third-order valence-corrected chi connectivity index (χ3v) is 7.28. The quantitative estimate of drug-likeness (QED) is 0.256. The van der Waals surface area contributed by atoms with Crippen LogP contribution < -0.4 is 4.74 Å². The van der Waals surface area contributed by atoms with Crippen LogP contribution in [0.3, 0.4) is 0 Å². The molecule has 6 aromatic carbocycles. The molecule has 1 aliphatic heterocycles. The van der Waals surface area contributed by atoms with Gasteiger partial charge in [0, 0.05) is 21.7 Å². The molecule has 8 rings (SSSR count). The van der Waals surface area contributed by atoms with Gasteiger partial charge in [-0.1, -0.05) is 84.9 Å². The van der Waals surface area contributed by atoms with Crippen LogP contribution in [-0.2, 0) is 0 Å². The fourth-order valence-electron chi connectivity index (χ4n) is 5.60. The summed E-state index contributed by atoms with van der Waals surface area (Å²) in [5, 5.41) is 4.67. The molecule has 0 saturated heterocycles. The molecular weight excluding hydrogens is 440 g/mol. The molecule has 0 bridgehead atoms. The lowest BCUT2D eigenvalue weighted by Crippen LogP contribution is -1.97. The van der Waals surface area contributed by atoms with Crippen molar-refractivity contribution < 1.29 is 9.15 Å². The van der Waals surface area contributed by atoms with Gasteiger partial charge in [-0.2, -0.15) is 0 Å². The number of benzene rings is 6. The van der Waals surface area contributed by atoms with Crippen LogP contribution in [0.4, 0.5) is 0 Å². The number of rotatable bonds is 2. The van der Waals surface area contributed by atoms with E-state index in [2.05, 4.69) is 97.1 Å².